The second-order valence-corrected chi connectivity index (χ2v) is 7.69. The first-order valence-electron chi connectivity index (χ1n) is 8.89. The summed E-state index contributed by atoms with van der Waals surface area (Å²) in [5.41, 5.74) is 3.68. The van der Waals surface area contributed by atoms with Gasteiger partial charge in [0.1, 0.15) is 11.5 Å². The summed E-state index contributed by atoms with van der Waals surface area (Å²) in [6, 6.07) is 8.75. The zero-order valence-electron chi connectivity index (χ0n) is 15.2. The molecule has 0 bridgehead atoms. The van der Waals surface area contributed by atoms with Crippen LogP contribution >= 0.6 is 15.9 Å². The number of nitrogens with zero attached hydrogens (tertiary/aromatic N) is 4. The van der Waals surface area contributed by atoms with E-state index < -0.39 is 0 Å². The van der Waals surface area contributed by atoms with Crippen LogP contribution in [0.3, 0.4) is 0 Å². The number of amides is 1. The minimum atomic E-state index is -0.227. The van der Waals surface area contributed by atoms with E-state index in [0.29, 0.717) is 43.3 Å². The van der Waals surface area contributed by atoms with Crippen LogP contribution in [0.15, 0.2) is 41.0 Å². The van der Waals surface area contributed by atoms with E-state index in [1.54, 1.807) is 12.1 Å². The van der Waals surface area contributed by atoms with E-state index in [2.05, 4.69) is 20.9 Å². The number of piperazine rings is 1. The highest BCUT2D eigenvalue weighted by molar-refractivity contribution is 9.10. The maximum atomic E-state index is 14.0. The third-order valence-corrected chi connectivity index (χ3v) is 5.53. The van der Waals surface area contributed by atoms with E-state index in [-0.39, 0.29) is 11.7 Å². The van der Waals surface area contributed by atoms with Crippen molar-refractivity contribution in [2.24, 2.45) is 0 Å². The van der Waals surface area contributed by atoms with Crippen molar-refractivity contribution in [1.82, 2.24) is 14.3 Å². The number of benzene rings is 1. The first-order valence-corrected chi connectivity index (χ1v) is 9.68. The topological polar surface area (TPSA) is 40.9 Å². The van der Waals surface area contributed by atoms with Crippen LogP contribution in [0.2, 0.25) is 0 Å². The molecule has 0 radical (unpaired) electrons. The number of fused-ring (bicyclic) bond motifs is 1. The number of aryl methyl sites for hydroxylation is 2. The summed E-state index contributed by atoms with van der Waals surface area (Å²) >= 11 is 3.53. The van der Waals surface area contributed by atoms with Crippen LogP contribution < -0.4 is 4.90 Å². The van der Waals surface area contributed by atoms with E-state index >= 15 is 0 Å². The molecule has 0 N–H and O–H groups in total. The highest BCUT2D eigenvalue weighted by atomic mass is 79.9. The summed E-state index contributed by atoms with van der Waals surface area (Å²) < 4.78 is 16.7. The summed E-state index contributed by atoms with van der Waals surface area (Å²) in [6.45, 7) is 6.15. The summed E-state index contributed by atoms with van der Waals surface area (Å²) in [5.74, 6) is -0.263. The van der Waals surface area contributed by atoms with Crippen molar-refractivity contribution in [3.05, 3.63) is 63.8 Å². The fourth-order valence-corrected chi connectivity index (χ4v) is 4.25. The Balaban J connectivity index is 1.58. The second-order valence-electron chi connectivity index (χ2n) is 6.84. The molecule has 2 aromatic heterocycles. The summed E-state index contributed by atoms with van der Waals surface area (Å²) in [5, 5.41) is 0. The number of aromatic nitrogens is 2. The van der Waals surface area contributed by atoms with Crippen molar-refractivity contribution in [2.75, 3.05) is 31.1 Å². The standard InChI is InChI=1S/C20H20BrFN4O/c1-13-11-15(21)19-23-14(2)18(26(19)12-13)20(27)25-9-7-24(8-10-25)17-6-4-3-5-16(17)22/h3-6,11-12H,7-10H2,1-2H3. The number of pyridine rings is 1. The highest BCUT2D eigenvalue weighted by Crippen LogP contribution is 2.25. The number of hydrogen-bond acceptors (Lipinski definition) is 3. The van der Waals surface area contributed by atoms with E-state index in [9.17, 15) is 9.18 Å². The molecule has 140 valence electrons. The quantitative estimate of drug-likeness (QED) is 0.620. The number of carbonyl (C=O) groups is 1. The molecule has 5 nitrogen and oxygen atoms in total. The van der Waals surface area contributed by atoms with E-state index in [0.717, 1.165) is 15.7 Å². The zero-order valence-corrected chi connectivity index (χ0v) is 16.8. The Morgan fingerprint density at radius 1 is 1.15 bits per heavy atom. The molecule has 1 aliphatic heterocycles. The van der Waals surface area contributed by atoms with Gasteiger partial charge in [0.2, 0.25) is 0 Å². The molecule has 0 atom stereocenters. The van der Waals surface area contributed by atoms with Gasteiger partial charge in [-0.3, -0.25) is 9.20 Å². The Morgan fingerprint density at radius 2 is 1.85 bits per heavy atom. The number of carbonyl (C=O) groups excluding carboxylic acids is 1. The monoisotopic (exact) mass is 430 g/mol. The molecule has 0 spiro atoms. The predicted octanol–water partition coefficient (Wildman–Crippen LogP) is 3.82. The molecule has 0 unspecified atom stereocenters. The first kappa shape index (κ1) is 18.0. The van der Waals surface area contributed by atoms with E-state index in [1.807, 2.05) is 46.4 Å². The van der Waals surface area contributed by atoms with Crippen molar-refractivity contribution < 1.29 is 9.18 Å². The Kier molecular flexibility index (Phi) is 4.63. The normalized spacial score (nSPS) is 14.8. The van der Waals surface area contributed by atoms with Crippen LogP contribution in [0.25, 0.3) is 5.65 Å². The van der Waals surface area contributed by atoms with Gasteiger partial charge in [0.05, 0.1) is 15.9 Å². The van der Waals surface area contributed by atoms with Gasteiger partial charge in [0.25, 0.3) is 5.91 Å². The maximum absolute atomic E-state index is 14.0. The van der Waals surface area contributed by atoms with Crippen molar-refractivity contribution in [1.29, 1.82) is 0 Å². The Labute approximate surface area is 165 Å². The number of anilines is 1. The molecule has 1 aliphatic rings. The van der Waals surface area contributed by atoms with E-state index in [4.69, 9.17) is 0 Å². The average Bonchev–Trinajstić information content (AvgIpc) is 2.98. The van der Waals surface area contributed by atoms with Crippen molar-refractivity contribution in [2.45, 2.75) is 13.8 Å². The predicted molar refractivity (Wildman–Crippen MR) is 107 cm³/mol. The molecule has 4 rings (SSSR count). The lowest BCUT2D eigenvalue weighted by Gasteiger charge is -2.36. The second kappa shape index (κ2) is 6.96. The van der Waals surface area contributed by atoms with Gasteiger partial charge in [-0.1, -0.05) is 12.1 Å². The first-order chi connectivity index (χ1) is 13.0. The third-order valence-electron chi connectivity index (χ3n) is 4.95. The van der Waals surface area contributed by atoms with Crippen molar-refractivity contribution >= 4 is 33.2 Å². The summed E-state index contributed by atoms with van der Waals surface area (Å²) in [4.78, 5) is 21.5. The molecule has 1 aromatic carbocycles. The van der Waals surface area contributed by atoms with Gasteiger partial charge in [-0.05, 0) is 53.5 Å². The lowest BCUT2D eigenvalue weighted by Crippen LogP contribution is -2.49. The fraction of sp³-hybridized carbons (Fsp3) is 0.300. The molecule has 3 heterocycles. The number of imidazole rings is 1. The maximum Gasteiger partial charge on any atom is 0.272 e. The van der Waals surface area contributed by atoms with Gasteiger partial charge in [0, 0.05) is 32.4 Å². The minimum Gasteiger partial charge on any atom is -0.366 e. The molecule has 3 aromatic rings. The molecule has 27 heavy (non-hydrogen) atoms. The van der Waals surface area contributed by atoms with Crippen LogP contribution in [0.1, 0.15) is 21.7 Å². The van der Waals surface area contributed by atoms with Gasteiger partial charge in [-0.15, -0.1) is 0 Å². The highest BCUT2D eigenvalue weighted by Gasteiger charge is 2.27. The molecule has 0 saturated carbocycles. The van der Waals surface area contributed by atoms with Crippen LogP contribution in [0.4, 0.5) is 10.1 Å². The van der Waals surface area contributed by atoms with Gasteiger partial charge >= 0.3 is 0 Å². The van der Waals surface area contributed by atoms with Crippen LogP contribution in [-0.4, -0.2) is 46.4 Å². The minimum absolute atomic E-state index is 0.0364. The average molecular weight is 431 g/mol. The molecular formula is C20H20BrFN4O. The molecule has 7 heteroatoms. The van der Waals surface area contributed by atoms with Gasteiger partial charge in [-0.2, -0.15) is 0 Å². The third kappa shape index (κ3) is 3.20. The zero-order chi connectivity index (χ0) is 19.1. The van der Waals surface area contributed by atoms with Crippen molar-refractivity contribution in [3.8, 4) is 0 Å². The van der Waals surface area contributed by atoms with E-state index in [1.165, 1.54) is 6.07 Å². The Bertz CT molecular complexity index is 1020. The van der Waals surface area contributed by atoms with Crippen LogP contribution in [0, 0.1) is 19.7 Å². The van der Waals surface area contributed by atoms with Gasteiger partial charge in [-0.25, -0.2) is 9.37 Å². The Morgan fingerprint density at radius 3 is 2.56 bits per heavy atom. The van der Waals surface area contributed by atoms with Gasteiger partial charge < -0.3 is 9.80 Å². The number of rotatable bonds is 2. The molecule has 1 fully saturated rings. The van der Waals surface area contributed by atoms with Crippen LogP contribution in [-0.2, 0) is 0 Å². The molecule has 1 amide bonds. The molecular weight excluding hydrogens is 411 g/mol. The lowest BCUT2D eigenvalue weighted by atomic mass is 10.2. The van der Waals surface area contributed by atoms with Crippen molar-refractivity contribution in [3.63, 3.8) is 0 Å². The molecule has 0 aliphatic carbocycles. The number of para-hydroxylation sites is 1. The number of halogens is 2. The Hall–Kier alpha value is -2.41. The molecule has 1 saturated heterocycles. The smallest absolute Gasteiger partial charge is 0.272 e. The largest absolute Gasteiger partial charge is 0.366 e. The summed E-state index contributed by atoms with van der Waals surface area (Å²) in [7, 11) is 0. The van der Waals surface area contributed by atoms with Gasteiger partial charge in [0.15, 0.2) is 5.65 Å². The fourth-order valence-electron chi connectivity index (χ4n) is 3.61. The lowest BCUT2D eigenvalue weighted by molar-refractivity contribution is 0.0739. The summed E-state index contributed by atoms with van der Waals surface area (Å²) in [6.07, 6.45) is 1.93. The SMILES string of the molecule is Cc1cc(Br)c2nc(C)c(C(=O)N3CCN(c4ccccc4F)CC3)n2c1. The number of hydrogen-bond donors (Lipinski definition) is 0. The van der Waals surface area contributed by atoms with Crippen LogP contribution in [0.5, 0.6) is 0 Å².